The third-order valence-corrected chi connectivity index (χ3v) is 19.1. The summed E-state index contributed by atoms with van der Waals surface area (Å²) in [5.41, 5.74) is 0. The molecule has 0 saturated carbocycles. The number of aliphatic hydroxyl groups excluding tert-OH is 8. The Kier molecular flexibility index (Phi) is 49.0. The average molecular weight is 1930 g/mol. The summed E-state index contributed by atoms with van der Waals surface area (Å²) in [4.78, 5) is 0. The maximum atomic E-state index is 12.5. The molecule has 30 atom stereocenters. The summed E-state index contributed by atoms with van der Waals surface area (Å²) in [5, 5.41) is 94.3. The molecular formula is C36H53Na7O60S10. The summed E-state index contributed by atoms with van der Waals surface area (Å²) in [7, 11) is -62.5. The molecule has 0 aliphatic carbocycles. The Morgan fingerprint density at radius 1 is 0.212 bits per heavy atom. The van der Waals surface area contributed by atoms with Gasteiger partial charge in [0.15, 0.2) is 49.9 Å². The van der Waals surface area contributed by atoms with Crippen molar-refractivity contribution in [3.8, 4) is 0 Å². The number of aliphatic hydroxyl groups is 8. The van der Waals surface area contributed by atoms with Crippen LogP contribution in [0.15, 0.2) is 0 Å². The van der Waals surface area contributed by atoms with Crippen LogP contribution >= 0.6 is 0 Å². The smallest absolute Gasteiger partial charge is 0.726 e. The fraction of sp³-hybridized carbons (Fsp3) is 1.00. The van der Waals surface area contributed by atoms with E-state index in [1.54, 1.807) is 0 Å². The van der Waals surface area contributed by atoms with Crippen LogP contribution in [-0.2, 0) is 203 Å². The molecule has 77 heteroatoms. The molecule has 60 nitrogen and oxygen atoms in total. The minimum Gasteiger partial charge on any atom is -0.726 e. The van der Waals surface area contributed by atoms with Crippen molar-refractivity contribution in [1.29, 1.82) is 0 Å². The van der Waals surface area contributed by atoms with E-state index in [0.717, 1.165) is 0 Å². The van der Waals surface area contributed by atoms with Gasteiger partial charge in [-0.15, -0.1) is 0 Å². The van der Waals surface area contributed by atoms with Crippen LogP contribution in [0.3, 0.4) is 0 Å². The topological polar surface area (TPSA) is 928 Å². The van der Waals surface area contributed by atoms with E-state index in [9.17, 15) is 171 Å². The van der Waals surface area contributed by atoms with Gasteiger partial charge in [0.2, 0.25) is 72.8 Å². The van der Waals surface area contributed by atoms with Crippen molar-refractivity contribution < 1.29 is 476 Å². The van der Waals surface area contributed by atoms with E-state index < -0.39 is 328 Å². The number of hydrogen-bond donors (Lipinski definition) is 11. The monoisotopic (exact) mass is 1930 g/mol. The van der Waals surface area contributed by atoms with Gasteiger partial charge in [-0.05, 0) is 0 Å². The number of ether oxygens (including phenoxy) is 12. The van der Waals surface area contributed by atoms with Crippen molar-refractivity contribution >= 4 is 104 Å². The minimum absolute atomic E-state index is 0. The van der Waals surface area contributed by atoms with Crippen LogP contribution in [0.25, 0.3) is 0 Å². The zero-order chi connectivity index (χ0) is 80.1. The predicted octanol–water partition coefficient (Wildman–Crippen LogP) is -38.2. The summed E-state index contributed by atoms with van der Waals surface area (Å²) in [5.74, 6) is 0. The summed E-state index contributed by atoms with van der Waals surface area (Å²) < 4.78 is 465. The van der Waals surface area contributed by atoms with Gasteiger partial charge in [-0.3, -0.25) is 42.9 Å². The first-order valence-electron chi connectivity index (χ1n) is 27.6. The fourth-order valence-electron chi connectivity index (χ4n) is 10.7. The number of rotatable bonds is 26. The maximum absolute atomic E-state index is 12.5. The van der Waals surface area contributed by atoms with E-state index in [-0.39, 0.29) is 207 Å². The molecule has 0 aromatic rings. The molecule has 22 fully saturated rings. The second-order valence-corrected chi connectivity index (χ2v) is 32.3. The predicted molar refractivity (Wildman–Crippen MR) is 287 cm³/mol. The van der Waals surface area contributed by atoms with Gasteiger partial charge in [-0.25, -0.2) is 71.5 Å². The van der Waals surface area contributed by atoms with Crippen molar-refractivity contribution in [3.63, 3.8) is 0 Å². The first-order chi connectivity index (χ1) is 48.0. The summed E-state index contributed by atoms with van der Waals surface area (Å²) >= 11 is 0. The second kappa shape index (κ2) is 46.9. The van der Waals surface area contributed by atoms with Gasteiger partial charge in [0.05, 0.1) is 39.6 Å². The third kappa shape index (κ3) is 36.8. The van der Waals surface area contributed by atoms with E-state index in [2.05, 4.69) is 41.8 Å². The van der Waals surface area contributed by atoms with Gasteiger partial charge in [-0.1, -0.05) is 0 Å². The van der Waals surface area contributed by atoms with Gasteiger partial charge >= 0.3 is 238 Å². The molecule has 0 aromatic carbocycles. The second-order valence-electron chi connectivity index (χ2n) is 21.9. The largest absolute Gasteiger partial charge is 1.00 e. The molecular weight excluding hydrogens is 1870 g/mol. The van der Waals surface area contributed by atoms with Gasteiger partial charge in [0.25, 0.3) is 0 Å². The maximum Gasteiger partial charge on any atom is 1.00 e. The van der Waals surface area contributed by atoms with Gasteiger partial charge in [0.1, 0.15) is 134 Å². The minimum atomic E-state index is -6.56. The zero-order valence-corrected chi connectivity index (χ0v) is 79.7. The Balaban J connectivity index is 0.0000179. The first-order valence-corrected chi connectivity index (χ1v) is 41.0. The molecule has 0 amide bonds. The van der Waals surface area contributed by atoms with Crippen LogP contribution in [0.1, 0.15) is 0 Å². The van der Waals surface area contributed by atoms with Crippen molar-refractivity contribution in [2.75, 3.05) is 39.6 Å². The molecule has 0 aromatic heterocycles. The van der Waals surface area contributed by atoms with Crippen LogP contribution in [0.4, 0.5) is 0 Å². The molecule has 12 bridgehead atoms. The van der Waals surface area contributed by atoms with E-state index >= 15 is 0 Å². The van der Waals surface area contributed by atoms with E-state index in [1.165, 1.54) is 0 Å². The molecule has 0 spiro atoms. The quantitative estimate of drug-likeness (QED) is 0.0218. The van der Waals surface area contributed by atoms with Crippen molar-refractivity contribution in [3.05, 3.63) is 0 Å². The molecule has 624 valence electrons. The molecule has 12 unspecified atom stereocenters. The molecule has 22 saturated heterocycles. The SMILES string of the molecule is O=S(=O)([O-])OCC1O[C@@H]2O[C@@H]3C(COS(=O)(=O)O)O[C@H](O[C@@H]4C(COS(=O)(=O)[O-])O[C@H](O[C@@H]5C(COS(=O)(=O)O)O[C@@H](O[C@@H]6C(COS(=O)(=O)[O-])O[C@H](O[C@@H]7C(COS(=O)(=O)[O-])O[C@H](O[C@H]1[C@H](O)C2O)C(OS(=O)(=O)O)[C@H]7O)C(O)[C@H]6OS(=O)(=O)[O-])C(O)[C@H]5O)C(OS(=O)(=O)[O-])[C@H]4O)C(O)[C@H]3OS(=O)(=O)[O-].[Na+].[Na+].[Na+].[Na+].[Na+].[Na+].[Na+]. The Labute approximate surface area is 793 Å². The Bertz CT molecular complexity index is 3970. The zero-order valence-electron chi connectivity index (χ0n) is 57.6. The van der Waals surface area contributed by atoms with Crippen LogP contribution < -0.4 is 207 Å². The van der Waals surface area contributed by atoms with Crippen molar-refractivity contribution in [1.82, 2.24) is 0 Å². The Morgan fingerprint density at radius 3 is 0.646 bits per heavy atom. The van der Waals surface area contributed by atoms with E-state index in [4.69, 9.17) is 56.8 Å². The Hall–Kier alpha value is 4.90. The molecule has 22 aliphatic heterocycles. The Morgan fingerprint density at radius 2 is 0.407 bits per heavy atom. The summed E-state index contributed by atoms with van der Waals surface area (Å²) in [6.07, 6.45) is -94.7. The molecule has 11 N–H and O–H groups in total. The molecule has 22 heterocycles. The summed E-state index contributed by atoms with van der Waals surface area (Å²) in [6, 6.07) is 0. The van der Waals surface area contributed by atoms with E-state index in [0.29, 0.717) is 0 Å². The molecule has 22 aliphatic rings. The summed E-state index contributed by atoms with van der Waals surface area (Å²) in [6.45, 7) is -12.1. The van der Waals surface area contributed by atoms with Crippen LogP contribution in [-0.4, -0.2) is 394 Å². The number of hydrogen-bond acceptors (Lipinski definition) is 57. The fourth-order valence-corrected chi connectivity index (χ4v) is 14.4. The normalized spacial score (nSPS) is 38.0. The average Bonchev–Trinajstić information content (AvgIpc) is 0.763. The van der Waals surface area contributed by atoms with Crippen LogP contribution in [0, 0.1) is 0 Å². The molecule has 22 rings (SSSR count). The standard InChI is InChI=1S/C36H60O60S10.7Na/c37-13-15(39)31-81-7(1-75-97(45,46)47)21(13)89-35-29(95-105(69,70)71)17(41)23(9(85-35)3-77-99(51,52)53)87-34-20(44)28(94-104(66,67)68)26(12(84-34)6-80-102(60,61)62)92-32-16(40)14(38)22(8(82-32)2-76-98(48,49)50)90-36-30(96-106(72,73)74)18(42)24(10(86-36)4-78-100(54,55)56)88-33-19(43)27(93-103(63,64)65)25(91-31)11(83-33)5-79-101(57,58)59;;;;;;;/h7-44H,1-6H2,(H,45,46,47)(H,48,49,50)(H,51,52,53)(H,54,55,56)(H,57,58,59)(H,60,61,62)(H,63,64,65)(H,66,67,68)(H,69,70,71)(H,72,73,74);;;;;;;/q;7*+1/p-7/t7?,8?,9?,10?,11?,12?,13-,14-,15?,16?,17+,18+,19?,20?,21-,22-,23-,24-,25-,26-,27-,28-,29?,30?,31-,32+,33-,34-,35-,36-;;;;;;;/m1......./s1. The van der Waals surface area contributed by atoms with Gasteiger partial charge in [0, 0.05) is 0 Å². The van der Waals surface area contributed by atoms with Crippen LogP contribution in [0.5, 0.6) is 0 Å². The first kappa shape index (κ1) is 118. The van der Waals surface area contributed by atoms with Crippen molar-refractivity contribution in [2.24, 2.45) is 0 Å². The molecule has 113 heavy (non-hydrogen) atoms. The van der Waals surface area contributed by atoms with Gasteiger partial charge < -0.3 is 130 Å². The van der Waals surface area contributed by atoms with Gasteiger partial charge in [-0.2, -0.15) is 25.3 Å². The molecule has 0 radical (unpaired) electrons. The van der Waals surface area contributed by atoms with E-state index in [1.807, 2.05) is 0 Å². The van der Waals surface area contributed by atoms with Crippen molar-refractivity contribution in [2.45, 2.75) is 184 Å². The van der Waals surface area contributed by atoms with Crippen LogP contribution in [0.2, 0.25) is 0 Å². The third-order valence-electron chi connectivity index (χ3n) is 14.7.